The Morgan fingerprint density at radius 2 is 1.09 bits per heavy atom. The first kappa shape index (κ1) is 43.6. The summed E-state index contributed by atoms with van der Waals surface area (Å²) in [6.45, 7) is 5.99. The molecule has 5 heteroatoms. The van der Waals surface area contributed by atoms with Gasteiger partial charge in [-0.05, 0) is 55.9 Å². The largest absolute Gasteiger partial charge is 0.445 e. The lowest BCUT2D eigenvalue weighted by atomic mass is 9.59. The number of carbonyl (C=O) groups excluding carboxylic acids is 1. The van der Waals surface area contributed by atoms with Gasteiger partial charge in [-0.15, -0.1) is 0 Å². The summed E-state index contributed by atoms with van der Waals surface area (Å²) in [5.74, 6) is -0.430. The van der Waals surface area contributed by atoms with Gasteiger partial charge in [0.05, 0.1) is 13.1 Å². The lowest BCUT2D eigenvalue weighted by Gasteiger charge is -2.54. The molecule has 1 aromatic rings. The number of carbonyl (C=O) groups is 1. The Balaban J connectivity index is 1.11. The molecular formula is C48H79NO4. The second-order valence-electron chi connectivity index (χ2n) is 17.0. The van der Waals surface area contributed by atoms with Crippen LogP contribution in [0.2, 0.25) is 0 Å². The molecule has 2 heterocycles. The van der Waals surface area contributed by atoms with Crippen molar-refractivity contribution in [2.75, 3.05) is 13.1 Å². The summed E-state index contributed by atoms with van der Waals surface area (Å²) >= 11 is 0. The fourth-order valence-corrected chi connectivity index (χ4v) is 9.07. The number of nitrogens with zero attached hydrogens (tertiary/aromatic N) is 1. The summed E-state index contributed by atoms with van der Waals surface area (Å²) in [5.41, 5.74) is 1.36. The maximum atomic E-state index is 12.8. The predicted molar refractivity (Wildman–Crippen MR) is 222 cm³/mol. The van der Waals surface area contributed by atoms with Gasteiger partial charge in [0, 0.05) is 12.8 Å². The molecule has 0 unspecified atom stereocenters. The highest BCUT2D eigenvalue weighted by Gasteiger charge is 2.63. The zero-order valence-electron chi connectivity index (χ0n) is 34.4. The van der Waals surface area contributed by atoms with Gasteiger partial charge in [-0.1, -0.05) is 190 Å². The number of amides is 1. The maximum absolute atomic E-state index is 12.8. The first-order chi connectivity index (χ1) is 26.1. The average Bonchev–Trinajstić information content (AvgIpc) is 3.71. The van der Waals surface area contributed by atoms with Crippen molar-refractivity contribution >= 4 is 6.09 Å². The quantitative estimate of drug-likeness (QED) is 0.0583. The van der Waals surface area contributed by atoms with Gasteiger partial charge >= 0.3 is 6.09 Å². The molecule has 0 N–H and O–H groups in total. The molecule has 53 heavy (non-hydrogen) atoms. The van der Waals surface area contributed by atoms with Crippen molar-refractivity contribution in [1.82, 2.24) is 4.90 Å². The molecule has 3 fully saturated rings. The molecule has 0 radical (unpaired) electrons. The molecule has 1 spiro atoms. The molecular weight excluding hydrogens is 655 g/mol. The van der Waals surface area contributed by atoms with Crippen molar-refractivity contribution in [3.63, 3.8) is 0 Å². The third-order valence-electron chi connectivity index (χ3n) is 12.2. The number of fused-ring (bicyclic) bond motifs is 1. The standard InChI is InChI=1S/C48H79NO4/c1-3-5-7-9-11-13-15-17-19-21-23-25-27-32-36-47(37-33-28-26-24-22-20-18-16-14-12-10-8-6-4-2)41-48(42-47)52-44-38-49(39-45(44)53-48)46(50)51-40-43-34-30-29-31-35-43/h11,13,17,19,29-31,34-35,44-45H,3-10,12,14-16,18,20-28,32-33,36-42H2,1-2H3/b13-11-,19-17-/t44-,45-/m0/s1. The number of likely N-dealkylation sites (tertiary alicyclic amines) is 1. The third kappa shape index (κ3) is 16.7. The summed E-state index contributed by atoms with van der Waals surface area (Å²) in [5, 5.41) is 0. The van der Waals surface area contributed by atoms with Crippen LogP contribution >= 0.6 is 0 Å². The normalized spacial score (nSPS) is 23.8. The summed E-state index contributed by atoms with van der Waals surface area (Å²) in [6.07, 6.45) is 46.2. The molecule has 300 valence electrons. The molecule has 4 rings (SSSR count). The Bertz CT molecular complexity index is 1130. The predicted octanol–water partition coefficient (Wildman–Crippen LogP) is 14.2. The van der Waals surface area contributed by atoms with E-state index in [-0.39, 0.29) is 18.3 Å². The minimum absolute atomic E-state index is 0.0389. The highest BCUT2D eigenvalue weighted by Crippen LogP contribution is 2.60. The fourth-order valence-electron chi connectivity index (χ4n) is 9.07. The van der Waals surface area contributed by atoms with Crippen LogP contribution in [0.3, 0.4) is 0 Å². The van der Waals surface area contributed by atoms with Crippen LogP contribution in [0.15, 0.2) is 54.6 Å². The second-order valence-corrected chi connectivity index (χ2v) is 17.0. The Labute approximate surface area is 326 Å². The van der Waals surface area contributed by atoms with Gasteiger partial charge in [0.2, 0.25) is 0 Å². The van der Waals surface area contributed by atoms with E-state index in [9.17, 15) is 4.79 Å². The molecule has 5 nitrogen and oxygen atoms in total. The van der Waals surface area contributed by atoms with E-state index >= 15 is 0 Å². The van der Waals surface area contributed by atoms with Crippen molar-refractivity contribution in [2.45, 2.75) is 218 Å². The van der Waals surface area contributed by atoms with E-state index < -0.39 is 5.79 Å². The number of hydrogen-bond donors (Lipinski definition) is 0. The van der Waals surface area contributed by atoms with E-state index in [0.29, 0.717) is 25.1 Å². The van der Waals surface area contributed by atoms with Gasteiger partial charge in [-0.2, -0.15) is 0 Å². The highest BCUT2D eigenvalue weighted by molar-refractivity contribution is 5.68. The first-order valence-corrected chi connectivity index (χ1v) is 22.7. The lowest BCUT2D eigenvalue weighted by molar-refractivity contribution is -0.281. The number of benzene rings is 1. The second kappa shape index (κ2) is 25.9. The Kier molecular flexibility index (Phi) is 21.3. The molecule has 0 aromatic heterocycles. The minimum atomic E-state index is -0.430. The summed E-state index contributed by atoms with van der Waals surface area (Å²) in [4.78, 5) is 14.6. The fraction of sp³-hybridized carbons (Fsp3) is 0.771. The van der Waals surface area contributed by atoms with Crippen molar-refractivity contribution in [3.05, 3.63) is 60.2 Å². The summed E-state index contributed by atoms with van der Waals surface area (Å²) < 4.78 is 18.9. The number of hydrogen-bond acceptors (Lipinski definition) is 4. The van der Waals surface area contributed by atoms with Crippen molar-refractivity contribution in [1.29, 1.82) is 0 Å². The number of unbranched alkanes of at least 4 members (excludes halogenated alkanes) is 20. The van der Waals surface area contributed by atoms with Crippen LogP contribution in [-0.2, 0) is 20.8 Å². The topological polar surface area (TPSA) is 48.0 Å². The van der Waals surface area contributed by atoms with Gasteiger partial charge in [0.15, 0.2) is 5.79 Å². The average molecular weight is 734 g/mol. The molecule has 1 amide bonds. The molecule has 1 saturated carbocycles. The lowest BCUT2D eigenvalue weighted by Crippen LogP contribution is -2.54. The zero-order valence-corrected chi connectivity index (χ0v) is 34.4. The van der Waals surface area contributed by atoms with Crippen LogP contribution in [-0.4, -0.2) is 42.1 Å². The smallest absolute Gasteiger partial charge is 0.410 e. The molecule has 1 aliphatic carbocycles. The summed E-state index contributed by atoms with van der Waals surface area (Å²) in [6, 6.07) is 9.88. The molecule has 2 atom stereocenters. The number of rotatable bonds is 30. The number of allylic oxidation sites excluding steroid dienone is 4. The van der Waals surface area contributed by atoms with E-state index in [1.54, 1.807) is 4.90 Å². The van der Waals surface area contributed by atoms with E-state index in [4.69, 9.17) is 14.2 Å². The Morgan fingerprint density at radius 1 is 0.642 bits per heavy atom. The first-order valence-electron chi connectivity index (χ1n) is 22.7. The van der Waals surface area contributed by atoms with Gasteiger partial charge in [-0.3, -0.25) is 0 Å². The Morgan fingerprint density at radius 3 is 1.62 bits per heavy atom. The van der Waals surface area contributed by atoms with Crippen molar-refractivity contribution in [3.8, 4) is 0 Å². The van der Waals surface area contributed by atoms with E-state index in [2.05, 4.69) is 38.2 Å². The SMILES string of the molecule is CCCCC/C=C\C/C=C\CCCCCCC1(CCCCCCCCCCCCCCCC)CC2(C1)O[C@H]1CN(C(=O)OCc3ccccc3)C[C@@H]1O2. The summed E-state index contributed by atoms with van der Waals surface area (Å²) in [7, 11) is 0. The molecule has 0 bridgehead atoms. The van der Waals surface area contributed by atoms with Gasteiger partial charge < -0.3 is 19.1 Å². The maximum Gasteiger partial charge on any atom is 0.410 e. The monoisotopic (exact) mass is 734 g/mol. The van der Waals surface area contributed by atoms with Crippen LogP contribution in [0.4, 0.5) is 4.79 Å². The van der Waals surface area contributed by atoms with Crippen LogP contribution < -0.4 is 0 Å². The molecule has 2 saturated heterocycles. The van der Waals surface area contributed by atoms with Crippen LogP contribution in [0.1, 0.15) is 199 Å². The van der Waals surface area contributed by atoms with E-state index in [1.807, 2.05) is 30.3 Å². The van der Waals surface area contributed by atoms with Crippen LogP contribution in [0, 0.1) is 5.41 Å². The van der Waals surface area contributed by atoms with E-state index in [0.717, 1.165) is 24.8 Å². The minimum Gasteiger partial charge on any atom is -0.445 e. The third-order valence-corrected chi connectivity index (χ3v) is 12.2. The molecule has 2 aliphatic heterocycles. The molecule has 1 aromatic carbocycles. The highest BCUT2D eigenvalue weighted by atomic mass is 16.8. The van der Waals surface area contributed by atoms with Gasteiger partial charge in [-0.25, -0.2) is 4.79 Å². The Hall–Kier alpha value is -2.11. The van der Waals surface area contributed by atoms with Crippen LogP contribution in [0.25, 0.3) is 0 Å². The van der Waals surface area contributed by atoms with Gasteiger partial charge in [0.1, 0.15) is 18.8 Å². The van der Waals surface area contributed by atoms with Crippen molar-refractivity contribution in [2.24, 2.45) is 5.41 Å². The molecule has 3 aliphatic rings. The zero-order chi connectivity index (χ0) is 37.3. The van der Waals surface area contributed by atoms with E-state index in [1.165, 1.54) is 161 Å². The van der Waals surface area contributed by atoms with Crippen molar-refractivity contribution < 1.29 is 19.0 Å². The van der Waals surface area contributed by atoms with Gasteiger partial charge in [0.25, 0.3) is 0 Å². The number of ether oxygens (including phenoxy) is 3. The van der Waals surface area contributed by atoms with Crippen LogP contribution in [0.5, 0.6) is 0 Å².